The third kappa shape index (κ3) is 5.01. The smallest absolute Gasteiger partial charge is 0.182 e. The SMILES string of the molecule is COc1cc(OC)cc(C2C[NH+](CCC(=O)c3ccc(C)c4ccccc34)CO2)c1.[Cl-]. The molecule has 5 nitrogen and oxygen atoms in total. The van der Waals surface area contributed by atoms with Crippen molar-refractivity contribution in [3.8, 4) is 11.5 Å². The number of ether oxygens (including phenoxy) is 3. The Balaban J connectivity index is 0.00000272. The van der Waals surface area contributed by atoms with Gasteiger partial charge in [-0.25, -0.2) is 0 Å². The molecular weight excluding hydrogens is 414 g/mol. The van der Waals surface area contributed by atoms with Crippen molar-refractivity contribution in [2.75, 3.05) is 34.0 Å². The quantitative estimate of drug-likeness (QED) is 0.538. The summed E-state index contributed by atoms with van der Waals surface area (Å²) >= 11 is 0. The Morgan fingerprint density at radius 3 is 2.39 bits per heavy atom. The van der Waals surface area contributed by atoms with Crippen molar-refractivity contribution in [2.45, 2.75) is 19.4 Å². The molecule has 1 aliphatic rings. The molecule has 0 aromatic heterocycles. The lowest BCUT2D eigenvalue weighted by molar-refractivity contribution is -0.896. The number of Topliss-reactive ketones (excluding diaryl/α,β-unsaturated/α-hetero) is 1. The fourth-order valence-corrected chi connectivity index (χ4v) is 4.12. The van der Waals surface area contributed by atoms with Crippen molar-refractivity contribution >= 4 is 16.6 Å². The number of quaternary nitrogens is 1. The summed E-state index contributed by atoms with van der Waals surface area (Å²) in [6, 6.07) is 17.9. The van der Waals surface area contributed by atoms with Crippen molar-refractivity contribution in [3.63, 3.8) is 0 Å². The summed E-state index contributed by atoms with van der Waals surface area (Å²) in [5.74, 6) is 1.69. The van der Waals surface area contributed by atoms with Gasteiger partial charge in [0.15, 0.2) is 12.5 Å². The zero-order valence-corrected chi connectivity index (χ0v) is 18.9. The number of hydrogen-bond acceptors (Lipinski definition) is 4. The highest BCUT2D eigenvalue weighted by Crippen LogP contribution is 2.28. The van der Waals surface area contributed by atoms with E-state index in [2.05, 4.69) is 13.0 Å². The first-order valence-electron chi connectivity index (χ1n) is 10.3. The van der Waals surface area contributed by atoms with E-state index >= 15 is 0 Å². The highest BCUT2D eigenvalue weighted by Gasteiger charge is 2.29. The molecule has 0 aliphatic carbocycles. The van der Waals surface area contributed by atoms with Gasteiger partial charge in [-0.1, -0.05) is 36.4 Å². The van der Waals surface area contributed by atoms with Crippen molar-refractivity contribution in [3.05, 3.63) is 71.3 Å². The van der Waals surface area contributed by atoms with Crippen LogP contribution in [0.1, 0.15) is 34.0 Å². The summed E-state index contributed by atoms with van der Waals surface area (Å²) in [4.78, 5) is 14.2. The van der Waals surface area contributed by atoms with Crippen molar-refractivity contribution in [2.24, 2.45) is 0 Å². The monoisotopic (exact) mass is 441 g/mol. The molecule has 1 heterocycles. The van der Waals surface area contributed by atoms with Gasteiger partial charge in [0.1, 0.15) is 24.1 Å². The van der Waals surface area contributed by atoms with Crippen LogP contribution in [0.2, 0.25) is 0 Å². The number of carbonyl (C=O) groups is 1. The first-order chi connectivity index (χ1) is 14.6. The van der Waals surface area contributed by atoms with E-state index in [4.69, 9.17) is 14.2 Å². The fraction of sp³-hybridized carbons (Fsp3) is 0.320. The van der Waals surface area contributed by atoms with Crippen LogP contribution < -0.4 is 26.8 Å². The minimum atomic E-state index is -0.0284. The van der Waals surface area contributed by atoms with Gasteiger partial charge in [-0.3, -0.25) is 4.79 Å². The van der Waals surface area contributed by atoms with E-state index in [9.17, 15) is 4.79 Å². The van der Waals surface area contributed by atoms with Crippen LogP contribution in [0.4, 0.5) is 0 Å². The van der Waals surface area contributed by atoms with E-state index < -0.39 is 0 Å². The van der Waals surface area contributed by atoms with Crippen LogP contribution in [0.3, 0.4) is 0 Å². The lowest BCUT2D eigenvalue weighted by atomic mass is 9.96. The number of ketones is 1. The second-order valence-corrected chi connectivity index (χ2v) is 7.80. The normalized spacial score (nSPS) is 17.9. The van der Waals surface area contributed by atoms with Crippen LogP contribution in [0.15, 0.2) is 54.6 Å². The number of rotatable bonds is 7. The summed E-state index contributed by atoms with van der Waals surface area (Å²) in [5, 5.41) is 2.18. The van der Waals surface area contributed by atoms with Crippen molar-refractivity contribution < 1.29 is 36.3 Å². The van der Waals surface area contributed by atoms with Gasteiger partial charge in [0.25, 0.3) is 0 Å². The van der Waals surface area contributed by atoms with E-state index in [1.54, 1.807) is 14.2 Å². The summed E-state index contributed by atoms with van der Waals surface area (Å²) in [6.45, 7) is 4.24. The number of halogens is 1. The molecule has 0 bridgehead atoms. The summed E-state index contributed by atoms with van der Waals surface area (Å²) in [6.07, 6.45) is 0.471. The standard InChI is InChI=1S/C25H27NO4.ClH/c1-17-8-9-23(22-7-5-4-6-21(17)22)24(27)10-11-26-15-25(30-16-26)18-12-19(28-2)14-20(13-18)29-3;/h4-9,12-14,25H,10-11,15-16H2,1-3H3;1H. The molecule has 164 valence electrons. The van der Waals surface area contributed by atoms with Gasteiger partial charge in [0.2, 0.25) is 0 Å². The number of carbonyl (C=O) groups excluding carboxylic acids is 1. The fourth-order valence-electron chi connectivity index (χ4n) is 4.12. The molecule has 6 heteroatoms. The van der Waals surface area contributed by atoms with Crippen molar-refractivity contribution in [1.82, 2.24) is 0 Å². The number of hydrogen-bond donors (Lipinski definition) is 1. The third-order valence-electron chi connectivity index (χ3n) is 5.86. The molecule has 1 saturated heterocycles. The highest BCUT2D eigenvalue weighted by molar-refractivity contribution is 6.08. The summed E-state index contributed by atoms with van der Waals surface area (Å²) in [7, 11) is 3.29. The number of nitrogens with one attached hydrogen (secondary N) is 1. The van der Waals surface area contributed by atoms with E-state index in [-0.39, 0.29) is 24.3 Å². The molecule has 1 aliphatic heterocycles. The van der Waals surface area contributed by atoms with Gasteiger partial charge in [-0.05, 0) is 41.0 Å². The minimum absolute atomic E-state index is 0. The highest BCUT2D eigenvalue weighted by atomic mass is 35.5. The Morgan fingerprint density at radius 2 is 1.71 bits per heavy atom. The van der Waals surface area contributed by atoms with E-state index in [0.717, 1.165) is 46.5 Å². The van der Waals surface area contributed by atoms with Crippen LogP contribution in [0.25, 0.3) is 10.8 Å². The average Bonchev–Trinajstić information content (AvgIpc) is 3.26. The van der Waals surface area contributed by atoms with Crippen molar-refractivity contribution in [1.29, 1.82) is 0 Å². The molecule has 1 fully saturated rings. The topological polar surface area (TPSA) is 49.2 Å². The first-order valence-corrected chi connectivity index (χ1v) is 10.3. The molecule has 0 spiro atoms. The zero-order valence-electron chi connectivity index (χ0n) is 18.1. The molecule has 31 heavy (non-hydrogen) atoms. The van der Waals surface area contributed by atoms with Crippen LogP contribution in [0, 0.1) is 6.92 Å². The van der Waals surface area contributed by atoms with Crippen LogP contribution in [0.5, 0.6) is 11.5 Å². The Kier molecular flexibility index (Phi) is 7.55. The van der Waals surface area contributed by atoms with Gasteiger partial charge < -0.3 is 31.5 Å². The molecule has 3 aromatic rings. The average molecular weight is 442 g/mol. The maximum atomic E-state index is 13.0. The van der Waals surface area contributed by atoms with E-state index in [1.807, 2.05) is 48.5 Å². The number of benzene rings is 3. The lowest BCUT2D eigenvalue weighted by Crippen LogP contribution is -3.10. The van der Waals surface area contributed by atoms with Gasteiger partial charge in [0, 0.05) is 11.6 Å². The maximum Gasteiger partial charge on any atom is 0.182 e. The first kappa shape index (κ1) is 23.1. The number of fused-ring (bicyclic) bond motifs is 1. The molecule has 0 saturated carbocycles. The number of methoxy groups -OCH3 is 2. The van der Waals surface area contributed by atoms with Gasteiger partial charge in [0.05, 0.1) is 27.2 Å². The Bertz CT molecular complexity index is 1050. The summed E-state index contributed by atoms with van der Waals surface area (Å²) in [5.41, 5.74) is 3.04. The molecule has 4 rings (SSSR count). The molecular formula is C25H28ClNO4. The summed E-state index contributed by atoms with van der Waals surface area (Å²) < 4.78 is 16.8. The Morgan fingerprint density at radius 1 is 1.03 bits per heavy atom. The zero-order chi connectivity index (χ0) is 21.1. The molecule has 2 atom stereocenters. The lowest BCUT2D eigenvalue weighted by Gasteiger charge is -2.13. The van der Waals surface area contributed by atoms with E-state index in [0.29, 0.717) is 13.2 Å². The molecule has 3 aromatic carbocycles. The van der Waals surface area contributed by atoms with Crippen LogP contribution in [-0.4, -0.2) is 39.8 Å². The van der Waals surface area contributed by atoms with Crippen LogP contribution >= 0.6 is 0 Å². The Labute approximate surface area is 189 Å². The predicted molar refractivity (Wildman–Crippen MR) is 117 cm³/mol. The van der Waals surface area contributed by atoms with Gasteiger partial charge >= 0.3 is 0 Å². The third-order valence-corrected chi connectivity index (χ3v) is 5.86. The molecule has 0 radical (unpaired) electrons. The molecule has 0 amide bonds. The van der Waals surface area contributed by atoms with Gasteiger partial charge in [-0.2, -0.15) is 0 Å². The maximum absolute atomic E-state index is 13.0. The molecule has 1 N–H and O–H groups in total. The van der Waals surface area contributed by atoms with E-state index in [1.165, 1.54) is 10.5 Å². The van der Waals surface area contributed by atoms with Crippen LogP contribution in [-0.2, 0) is 4.74 Å². The Hall–Kier alpha value is -2.60. The predicted octanol–water partition coefficient (Wildman–Crippen LogP) is 0.356. The largest absolute Gasteiger partial charge is 1.00 e. The molecule has 2 unspecified atom stereocenters. The minimum Gasteiger partial charge on any atom is -1.00 e. The second-order valence-electron chi connectivity index (χ2n) is 7.80. The second kappa shape index (κ2) is 10.1. The number of aryl methyl sites for hydroxylation is 1. The van der Waals surface area contributed by atoms with Gasteiger partial charge in [-0.15, -0.1) is 0 Å².